The average Bonchev–Trinajstić information content (AvgIpc) is 2.61. The van der Waals surface area contributed by atoms with Crippen LogP contribution in [0.5, 0.6) is 0 Å². The third-order valence-electron chi connectivity index (χ3n) is 8.44. The minimum absolute atomic E-state index is 0.473. The van der Waals surface area contributed by atoms with E-state index in [4.69, 9.17) is 0 Å². The van der Waals surface area contributed by atoms with Crippen LogP contribution in [0.1, 0.15) is 108 Å². The van der Waals surface area contributed by atoms with Crippen molar-refractivity contribution in [1.29, 1.82) is 0 Å². The van der Waals surface area contributed by atoms with Crippen LogP contribution in [0.4, 0.5) is 0 Å². The molecule has 0 radical (unpaired) electrons. The van der Waals surface area contributed by atoms with Crippen LogP contribution in [0.3, 0.4) is 0 Å². The molecule has 0 N–H and O–H groups in total. The summed E-state index contributed by atoms with van der Waals surface area (Å²) in [6.07, 6.45) is 7.97. The quantitative estimate of drug-likeness (QED) is 0.349. The summed E-state index contributed by atoms with van der Waals surface area (Å²) in [5, 5.41) is 0. The fourth-order valence-corrected chi connectivity index (χ4v) is 5.36. The lowest BCUT2D eigenvalue weighted by Crippen LogP contribution is -2.53. The van der Waals surface area contributed by atoms with Gasteiger partial charge in [-0.05, 0) is 62.2 Å². The topological polar surface area (TPSA) is 6.48 Å². The van der Waals surface area contributed by atoms with E-state index in [0.717, 1.165) is 11.8 Å². The van der Waals surface area contributed by atoms with Gasteiger partial charge in [0.1, 0.15) is 0 Å². The minimum Gasteiger partial charge on any atom is -0.298 e. The lowest BCUT2D eigenvalue weighted by Gasteiger charge is -2.44. The van der Waals surface area contributed by atoms with Gasteiger partial charge in [0.05, 0.1) is 0 Å². The molecule has 28 heavy (non-hydrogen) atoms. The van der Waals surface area contributed by atoms with E-state index >= 15 is 0 Å². The molecule has 2 heteroatoms. The molecule has 1 aliphatic heterocycles. The smallest absolute Gasteiger partial charge is 0.0113 e. The van der Waals surface area contributed by atoms with Gasteiger partial charge in [-0.15, -0.1) is 0 Å². The third kappa shape index (κ3) is 7.63. The van der Waals surface area contributed by atoms with E-state index in [1.807, 2.05) is 0 Å². The Hall–Kier alpha value is -0.0800. The molecular formula is C26H54N2. The highest BCUT2D eigenvalue weighted by Gasteiger charge is 2.31. The third-order valence-corrected chi connectivity index (χ3v) is 8.44. The Bertz CT molecular complexity index is 380. The number of nitrogens with zero attached hydrogens (tertiary/aromatic N) is 2. The predicted molar refractivity (Wildman–Crippen MR) is 127 cm³/mol. The van der Waals surface area contributed by atoms with Crippen LogP contribution < -0.4 is 0 Å². The summed E-state index contributed by atoms with van der Waals surface area (Å²) < 4.78 is 0. The highest BCUT2D eigenvalue weighted by molar-refractivity contribution is 4.85. The molecule has 1 heterocycles. The van der Waals surface area contributed by atoms with E-state index in [0.29, 0.717) is 22.9 Å². The van der Waals surface area contributed by atoms with Crippen LogP contribution >= 0.6 is 0 Å². The summed E-state index contributed by atoms with van der Waals surface area (Å²) in [6.45, 7) is 29.4. The van der Waals surface area contributed by atoms with Gasteiger partial charge in [0.15, 0.2) is 0 Å². The zero-order valence-corrected chi connectivity index (χ0v) is 21.3. The maximum Gasteiger partial charge on any atom is 0.0113 e. The largest absolute Gasteiger partial charge is 0.298 e. The van der Waals surface area contributed by atoms with Crippen molar-refractivity contribution in [1.82, 2.24) is 9.80 Å². The van der Waals surface area contributed by atoms with Crippen LogP contribution in [0.15, 0.2) is 0 Å². The fourth-order valence-electron chi connectivity index (χ4n) is 5.36. The Morgan fingerprint density at radius 1 is 0.607 bits per heavy atom. The molecule has 0 amide bonds. The predicted octanol–water partition coefficient (Wildman–Crippen LogP) is 7.09. The molecule has 0 bridgehead atoms. The van der Waals surface area contributed by atoms with Crippen molar-refractivity contribution in [3.63, 3.8) is 0 Å². The highest BCUT2D eigenvalue weighted by Crippen LogP contribution is 2.36. The Morgan fingerprint density at radius 3 is 1.14 bits per heavy atom. The van der Waals surface area contributed by atoms with Crippen LogP contribution in [0.25, 0.3) is 0 Å². The maximum atomic E-state index is 2.76. The maximum absolute atomic E-state index is 2.76. The molecule has 0 aliphatic carbocycles. The van der Waals surface area contributed by atoms with E-state index in [9.17, 15) is 0 Å². The summed E-state index contributed by atoms with van der Waals surface area (Å²) in [5.74, 6) is 1.59. The molecule has 2 nitrogen and oxygen atoms in total. The fraction of sp³-hybridized carbons (Fsp3) is 1.00. The summed E-state index contributed by atoms with van der Waals surface area (Å²) in [6, 6.07) is 1.43. The molecule has 4 atom stereocenters. The molecule has 0 saturated carbocycles. The first-order valence-corrected chi connectivity index (χ1v) is 12.4. The van der Waals surface area contributed by atoms with Gasteiger partial charge < -0.3 is 0 Å². The molecule has 0 aromatic carbocycles. The lowest BCUT2D eigenvalue weighted by atomic mass is 9.73. The van der Waals surface area contributed by atoms with Gasteiger partial charge in [-0.1, -0.05) is 68.2 Å². The lowest BCUT2D eigenvalue weighted by molar-refractivity contribution is 0.0474. The highest BCUT2D eigenvalue weighted by atomic mass is 15.3. The van der Waals surface area contributed by atoms with Crippen molar-refractivity contribution in [3.8, 4) is 0 Å². The Balaban J connectivity index is 2.47. The number of hydrogen-bond donors (Lipinski definition) is 0. The molecular weight excluding hydrogens is 340 g/mol. The van der Waals surface area contributed by atoms with Crippen LogP contribution in [-0.2, 0) is 0 Å². The Kier molecular flexibility index (Phi) is 10.5. The molecule has 1 fully saturated rings. The summed E-state index contributed by atoms with van der Waals surface area (Å²) in [5.41, 5.74) is 0.946. The number of hydrogen-bond acceptors (Lipinski definition) is 2. The molecule has 4 unspecified atom stereocenters. The average molecular weight is 395 g/mol. The van der Waals surface area contributed by atoms with Gasteiger partial charge >= 0.3 is 0 Å². The van der Waals surface area contributed by atoms with Gasteiger partial charge in [-0.2, -0.15) is 0 Å². The number of piperazine rings is 1. The van der Waals surface area contributed by atoms with Crippen molar-refractivity contribution >= 4 is 0 Å². The summed E-state index contributed by atoms with van der Waals surface area (Å²) in [4.78, 5) is 5.51. The van der Waals surface area contributed by atoms with Crippen molar-refractivity contribution in [2.75, 3.05) is 26.2 Å². The summed E-state index contributed by atoms with van der Waals surface area (Å²) >= 11 is 0. The Morgan fingerprint density at radius 2 is 0.893 bits per heavy atom. The molecule has 0 spiro atoms. The van der Waals surface area contributed by atoms with Crippen molar-refractivity contribution in [2.24, 2.45) is 22.7 Å². The van der Waals surface area contributed by atoms with Gasteiger partial charge in [0, 0.05) is 38.3 Å². The minimum atomic E-state index is 0.473. The van der Waals surface area contributed by atoms with Gasteiger partial charge in [-0.3, -0.25) is 9.80 Å². The van der Waals surface area contributed by atoms with Gasteiger partial charge in [0.25, 0.3) is 0 Å². The zero-order chi connectivity index (χ0) is 21.5. The summed E-state index contributed by atoms with van der Waals surface area (Å²) in [7, 11) is 0. The van der Waals surface area contributed by atoms with Crippen LogP contribution in [0.2, 0.25) is 0 Å². The SMILES string of the molecule is CCCC(C)(C)C(C)CC(C)N1CCN(C(C)CC(C)C(C)(C)CCC)CC1. The molecule has 1 rings (SSSR count). The van der Waals surface area contributed by atoms with Gasteiger partial charge in [-0.25, -0.2) is 0 Å². The first kappa shape index (κ1) is 26.0. The van der Waals surface area contributed by atoms with Gasteiger partial charge in [0.2, 0.25) is 0 Å². The van der Waals surface area contributed by atoms with Crippen molar-refractivity contribution < 1.29 is 0 Å². The molecule has 1 aliphatic rings. The normalized spacial score (nSPS) is 22.1. The second kappa shape index (κ2) is 11.3. The van der Waals surface area contributed by atoms with Crippen LogP contribution in [0, 0.1) is 22.7 Å². The zero-order valence-electron chi connectivity index (χ0n) is 21.3. The first-order chi connectivity index (χ1) is 12.9. The van der Waals surface area contributed by atoms with E-state index in [-0.39, 0.29) is 0 Å². The van der Waals surface area contributed by atoms with E-state index in [2.05, 4.69) is 79.0 Å². The van der Waals surface area contributed by atoms with E-state index < -0.39 is 0 Å². The number of rotatable bonds is 12. The second-order valence-corrected chi connectivity index (χ2v) is 11.5. The van der Waals surface area contributed by atoms with Crippen molar-refractivity contribution in [3.05, 3.63) is 0 Å². The molecule has 168 valence electrons. The van der Waals surface area contributed by atoms with Crippen LogP contribution in [-0.4, -0.2) is 48.1 Å². The second-order valence-electron chi connectivity index (χ2n) is 11.5. The van der Waals surface area contributed by atoms with Crippen molar-refractivity contribution in [2.45, 2.75) is 120 Å². The molecule has 1 saturated heterocycles. The van der Waals surface area contributed by atoms with E-state index in [1.54, 1.807) is 0 Å². The molecule has 0 aromatic rings. The monoisotopic (exact) mass is 394 g/mol. The first-order valence-electron chi connectivity index (χ1n) is 12.4. The Labute approximate surface area is 178 Å². The van der Waals surface area contributed by atoms with E-state index in [1.165, 1.54) is 64.7 Å². The molecule has 0 aromatic heterocycles. The standard InChI is InChI=1S/C26H54N2/c1-11-13-25(7,8)21(3)19-23(5)27-15-17-28(18-16-27)24(6)20-22(4)26(9,10)14-12-2/h21-24H,11-20H2,1-10H3.